The Labute approximate surface area is 149 Å². The zero-order chi connectivity index (χ0) is 18.9. The van der Waals surface area contributed by atoms with Crippen molar-refractivity contribution in [2.45, 2.75) is 4.90 Å². The van der Waals surface area contributed by atoms with Crippen molar-refractivity contribution in [3.05, 3.63) is 60.2 Å². The third-order valence-corrected chi connectivity index (χ3v) is 4.66. The number of carboxylic acids is 1. The Kier molecular flexibility index (Phi) is 4.54. The quantitative estimate of drug-likeness (QED) is 0.586. The molecule has 0 aliphatic heterocycles. The van der Waals surface area contributed by atoms with Gasteiger partial charge in [-0.15, -0.1) is 0 Å². The number of benzene rings is 3. The summed E-state index contributed by atoms with van der Waals surface area (Å²) in [6.45, 7) is 0. The van der Waals surface area contributed by atoms with Crippen LogP contribution < -0.4 is 10.1 Å². The lowest BCUT2D eigenvalue weighted by Crippen LogP contribution is -1.99. The molecular formula is C18H15NO6S. The van der Waals surface area contributed by atoms with E-state index in [2.05, 4.69) is 5.32 Å². The Bertz CT molecular complexity index is 1090. The molecule has 3 aromatic carbocycles. The molecule has 7 nitrogen and oxygen atoms in total. The van der Waals surface area contributed by atoms with E-state index in [1.807, 2.05) is 0 Å². The maximum absolute atomic E-state index is 11.4. The van der Waals surface area contributed by atoms with Crippen LogP contribution in [0, 0.1) is 0 Å². The molecule has 26 heavy (non-hydrogen) atoms. The maximum Gasteiger partial charge on any atom is 0.335 e. The molecule has 0 radical (unpaired) electrons. The van der Waals surface area contributed by atoms with Crippen molar-refractivity contribution in [3.63, 3.8) is 0 Å². The Hall–Kier alpha value is -3.10. The minimum atomic E-state index is -4.34. The molecule has 0 bridgehead atoms. The number of methoxy groups -OCH3 is 1. The molecule has 8 heteroatoms. The molecule has 0 saturated carbocycles. The topological polar surface area (TPSA) is 113 Å². The van der Waals surface area contributed by atoms with Crippen LogP contribution >= 0.6 is 0 Å². The highest BCUT2D eigenvalue weighted by Crippen LogP contribution is 2.32. The Morgan fingerprint density at radius 1 is 1.00 bits per heavy atom. The van der Waals surface area contributed by atoms with Crippen LogP contribution in [0.15, 0.2) is 59.5 Å². The van der Waals surface area contributed by atoms with E-state index < -0.39 is 16.1 Å². The van der Waals surface area contributed by atoms with E-state index in [0.29, 0.717) is 27.9 Å². The molecule has 0 saturated heterocycles. The molecule has 134 valence electrons. The molecule has 0 unspecified atom stereocenters. The molecule has 3 rings (SSSR count). The van der Waals surface area contributed by atoms with Gasteiger partial charge in [0.05, 0.1) is 17.6 Å². The van der Waals surface area contributed by atoms with Crippen molar-refractivity contribution in [2.75, 3.05) is 12.4 Å². The largest absolute Gasteiger partial charge is 0.496 e. The summed E-state index contributed by atoms with van der Waals surface area (Å²) in [5.74, 6) is -0.693. The molecule has 3 N–H and O–H groups in total. The number of anilines is 2. The Morgan fingerprint density at radius 2 is 1.65 bits per heavy atom. The monoisotopic (exact) mass is 373 g/mol. The van der Waals surface area contributed by atoms with Gasteiger partial charge >= 0.3 is 5.97 Å². The molecule has 3 aromatic rings. The van der Waals surface area contributed by atoms with Crippen LogP contribution in [0.3, 0.4) is 0 Å². The van der Waals surface area contributed by atoms with Gasteiger partial charge < -0.3 is 15.2 Å². The molecule has 0 aliphatic rings. The lowest BCUT2D eigenvalue weighted by Gasteiger charge is -2.11. The first-order valence-electron chi connectivity index (χ1n) is 7.47. The summed E-state index contributed by atoms with van der Waals surface area (Å²) in [4.78, 5) is 10.6. The summed E-state index contributed by atoms with van der Waals surface area (Å²) in [6.07, 6.45) is 0. The molecule has 0 aliphatic carbocycles. The normalized spacial score (nSPS) is 11.3. The van der Waals surface area contributed by atoms with Crippen LogP contribution in [-0.4, -0.2) is 31.2 Å². The zero-order valence-corrected chi connectivity index (χ0v) is 14.4. The van der Waals surface area contributed by atoms with Crippen LogP contribution in [0.5, 0.6) is 5.75 Å². The van der Waals surface area contributed by atoms with E-state index in [0.717, 1.165) is 0 Å². The van der Waals surface area contributed by atoms with Crippen LogP contribution in [-0.2, 0) is 10.1 Å². The summed E-state index contributed by atoms with van der Waals surface area (Å²) in [7, 11) is -2.93. The van der Waals surface area contributed by atoms with Crippen molar-refractivity contribution in [1.82, 2.24) is 0 Å². The van der Waals surface area contributed by atoms with Crippen molar-refractivity contribution in [2.24, 2.45) is 0 Å². The first-order valence-corrected chi connectivity index (χ1v) is 8.91. The number of rotatable bonds is 5. The second kappa shape index (κ2) is 6.66. The number of hydrogen-bond acceptors (Lipinski definition) is 5. The number of carbonyl (C=O) groups is 1. The molecule has 0 aromatic heterocycles. The number of hydrogen-bond donors (Lipinski definition) is 3. The number of ether oxygens (including phenoxy) is 1. The van der Waals surface area contributed by atoms with Gasteiger partial charge in [-0.25, -0.2) is 4.79 Å². The lowest BCUT2D eigenvalue weighted by atomic mass is 10.1. The Balaban J connectivity index is 1.99. The standard InChI is InChI=1S/C18H15NO6S/c1-25-17-10-15(26(22,23)24)8-12-4-7-14(9-16(12)17)19-13-5-2-11(3-6-13)18(20)21/h2-10,19H,1H3,(H,20,21)(H,22,23,24). The van der Waals surface area contributed by atoms with Crippen molar-refractivity contribution in [3.8, 4) is 5.75 Å². The predicted molar refractivity (Wildman–Crippen MR) is 97.0 cm³/mol. The van der Waals surface area contributed by atoms with Gasteiger partial charge in [0.2, 0.25) is 0 Å². The third kappa shape index (κ3) is 3.61. The smallest absolute Gasteiger partial charge is 0.335 e. The highest BCUT2D eigenvalue weighted by molar-refractivity contribution is 7.85. The van der Waals surface area contributed by atoms with Gasteiger partial charge in [0.15, 0.2) is 0 Å². The first-order chi connectivity index (χ1) is 12.3. The van der Waals surface area contributed by atoms with E-state index in [1.165, 1.54) is 31.4 Å². The molecule has 0 heterocycles. The summed E-state index contributed by atoms with van der Waals surface area (Å²) >= 11 is 0. The minimum Gasteiger partial charge on any atom is -0.496 e. The van der Waals surface area contributed by atoms with Crippen molar-refractivity contribution >= 4 is 38.2 Å². The predicted octanol–water partition coefficient (Wildman–Crippen LogP) is 3.54. The van der Waals surface area contributed by atoms with Gasteiger partial charge in [0.25, 0.3) is 10.1 Å². The van der Waals surface area contributed by atoms with E-state index in [4.69, 9.17) is 9.84 Å². The minimum absolute atomic E-state index is 0.188. The van der Waals surface area contributed by atoms with Crippen LogP contribution in [0.2, 0.25) is 0 Å². The average molecular weight is 373 g/mol. The third-order valence-electron chi connectivity index (χ3n) is 3.83. The highest BCUT2D eigenvalue weighted by Gasteiger charge is 2.14. The van der Waals surface area contributed by atoms with E-state index >= 15 is 0 Å². The van der Waals surface area contributed by atoms with Crippen LogP contribution in [0.25, 0.3) is 10.8 Å². The maximum atomic E-state index is 11.4. The fraction of sp³-hybridized carbons (Fsp3) is 0.0556. The molecule has 0 fully saturated rings. The molecule has 0 spiro atoms. The van der Waals surface area contributed by atoms with Crippen molar-refractivity contribution < 1.29 is 27.6 Å². The van der Waals surface area contributed by atoms with E-state index in [-0.39, 0.29) is 10.5 Å². The van der Waals surface area contributed by atoms with Gasteiger partial charge in [-0.3, -0.25) is 4.55 Å². The zero-order valence-electron chi connectivity index (χ0n) is 13.6. The fourth-order valence-electron chi connectivity index (χ4n) is 2.56. The summed E-state index contributed by atoms with van der Waals surface area (Å²) in [5, 5.41) is 13.3. The van der Waals surface area contributed by atoms with Gasteiger partial charge in [-0.2, -0.15) is 8.42 Å². The van der Waals surface area contributed by atoms with E-state index in [9.17, 15) is 17.8 Å². The number of fused-ring (bicyclic) bond motifs is 1. The molecular weight excluding hydrogens is 358 g/mol. The average Bonchev–Trinajstić information content (AvgIpc) is 2.60. The van der Waals surface area contributed by atoms with Crippen molar-refractivity contribution in [1.29, 1.82) is 0 Å². The van der Waals surface area contributed by atoms with Gasteiger partial charge in [0, 0.05) is 22.8 Å². The molecule has 0 amide bonds. The summed E-state index contributed by atoms with van der Waals surface area (Å²) in [5.41, 5.74) is 1.59. The highest BCUT2D eigenvalue weighted by atomic mass is 32.2. The lowest BCUT2D eigenvalue weighted by molar-refractivity contribution is 0.0697. The number of nitrogens with one attached hydrogen (secondary N) is 1. The fourth-order valence-corrected chi connectivity index (χ4v) is 3.09. The molecule has 0 atom stereocenters. The summed E-state index contributed by atoms with van der Waals surface area (Å²) in [6, 6.07) is 14.1. The first kappa shape index (κ1) is 17.7. The van der Waals surface area contributed by atoms with Gasteiger partial charge in [0.1, 0.15) is 5.75 Å². The second-order valence-electron chi connectivity index (χ2n) is 5.54. The van der Waals surface area contributed by atoms with Crippen LogP contribution in [0.4, 0.5) is 11.4 Å². The van der Waals surface area contributed by atoms with Crippen LogP contribution in [0.1, 0.15) is 10.4 Å². The van der Waals surface area contributed by atoms with E-state index in [1.54, 1.807) is 30.3 Å². The second-order valence-corrected chi connectivity index (χ2v) is 6.97. The Morgan fingerprint density at radius 3 is 2.23 bits per heavy atom. The van der Waals surface area contributed by atoms with Gasteiger partial charge in [-0.05, 0) is 47.9 Å². The number of aromatic carboxylic acids is 1. The summed E-state index contributed by atoms with van der Waals surface area (Å²) < 4.78 is 37.2. The SMILES string of the molecule is COc1cc(S(=O)(=O)O)cc2ccc(Nc3ccc(C(=O)O)cc3)cc12. The number of carboxylic acid groups (broad SMARTS) is 1. The van der Waals surface area contributed by atoms with Gasteiger partial charge in [-0.1, -0.05) is 6.07 Å².